The zero-order valence-corrected chi connectivity index (χ0v) is 9.51. The van der Waals surface area contributed by atoms with Crippen molar-refractivity contribution in [2.75, 3.05) is 13.7 Å². The van der Waals surface area contributed by atoms with Gasteiger partial charge in [0.05, 0.1) is 13.2 Å². The third kappa shape index (κ3) is 4.81. The van der Waals surface area contributed by atoms with Crippen LogP contribution >= 0.6 is 0 Å². The quantitative estimate of drug-likeness (QED) is 0.553. The highest BCUT2D eigenvalue weighted by atomic mass is 16.5. The predicted octanol–water partition coefficient (Wildman–Crippen LogP) is 2.48. The van der Waals surface area contributed by atoms with Gasteiger partial charge in [-0.05, 0) is 32.5 Å². The van der Waals surface area contributed by atoms with E-state index < -0.39 is 0 Å². The largest absolute Gasteiger partial charge is 0.462 e. The van der Waals surface area contributed by atoms with E-state index >= 15 is 0 Å². The molecule has 1 rings (SSSR count). The van der Waals surface area contributed by atoms with Crippen LogP contribution in [0.5, 0.6) is 0 Å². The smallest absolute Gasteiger partial charge is 0.129 e. The van der Waals surface area contributed by atoms with Gasteiger partial charge in [0.15, 0.2) is 0 Å². The first-order valence-corrected chi connectivity index (χ1v) is 5.16. The van der Waals surface area contributed by atoms with Crippen LogP contribution in [0.25, 0.3) is 0 Å². The SMILES string of the molecule is C=C(C)CCOCc1ccc(CNC)o1. The second-order valence-corrected chi connectivity index (χ2v) is 3.66. The van der Waals surface area contributed by atoms with Gasteiger partial charge in [0.1, 0.15) is 18.1 Å². The number of nitrogens with one attached hydrogen (secondary N) is 1. The van der Waals surface area contributed by atoms with Crippen LogP contribution in [0.15, 0.2) is 28.7 Å². The molecule has 0 fully saturated rings. The first kappa shape index (κ1) is 12.0. The van der Waals surface area contributed by atoms with E-state index in [0.717, 1.165) is 30.1 Å². The molecule has 0 bridgehead atoms. The molecule has 0 aliphatic carbocycles. The average molecular weight is 209 g/mol. The summed E-state index contributed by atoms with van der Waals surface area (Å²) < 4.78 is 11.0. The maximum absolute atomic E-state index is 5.52. The molecule has 84 valence electrons. The molecule has 1 N–H and O–H groups in total. The molecule has 1 heterocycles. The molecule has 3 nitrogen and oxygen atoms in total. The Morgan fingerprint density at radius 1 is 1.47 bits per heavy atom. The molecule has 1 aromatic heterocycles. The minimum atomic E-state index is 0.539. The third-order valence-corrected chi connectivity index (χ3v) is 1.99. The first-order chi connectivity index (χ1) is 7.22. The number of hydrogen-bond acceptors (Lipinski definition) is 3. The fraction of sp³-hybridized carbons (Fsp3) is 0.500. The Balaban J connectivity index is 2.22. The van der Waals surface area contributed by atoms with Crippen LogP contribution in [0.4, 0.5) is 0 Å². The third-order valence-electron chi connectivity index (χ3n) is 1.99. The van der Waals surface area contributed by atoms with Gasteiger partial charge in [-0.3, -0.25) is 0 Å². The number of rotatable bonds is 7. The molecular weight excluding hydrogens is 190 g/mol. The lowest BCUT2D eigenvalue weighted by molar-refractivity contribution is 0.108. The van der Waals surface area contributed by atoms with Gasteiger partial charge in [0, 0.05) is 0 Å². The van der Waals surface area contributed by atoms with Crippen molar-refractivity contribution in [3.05, 3.63) is 35.8 Å². The molecule has 0 aliphatic rings. The van der Waals surface area contributed by atoms with Crippen LogP contribution in [0.1, 0.15) is 24.9 Å². The van der Waals surface area contributed by atoms with Gasteiger partial charge in [-0.1, -0.05) is 5.57 Å². The molecule has 0 atom stereocenters. The first-order valence-electron chi connectivity index (χ1n) is 5.16. The van der Waals surface area contributed by atoms with Crippen molar-refractivity contribution in [2.45, 2.75) is 26.5 Å². The van der Waals surface area contributed by atoms with Crippen molar-refractivity contribution >= 4 is 0 Å². The van der Waals surface area contributed by atoms with Crippen molar-refractivity contribution in [1.29, 1.82) is 0 Å². The van der Waals surface area contributed by atoms with Crippen LogP contribution in [0.3, 0.4) is 0 Å². The Morgan fingerprint density at radius 2 is 2.20 bits per heavy atom. The molecular formula is C12H19NO2. The Morgan fingerprint density at radius 3 is 2.87 bits per heavy atom. The van der Waals surface area contributed by atoms with E-state index in [1.165, 1.54) is 0 Å². The summed E-state index contributed by atoms with van der Waals surface area (Å²) in [6.07, 6.45) is 0.907. The van der Waals surface area contributed by atoms with Crippen LogP contribution in [0, 0.1) is 0 Å². The van der Waals surface area contributed by atoms with E-state index in [1.807, 2.05) is 26.1 Å². The van der Waals surface area contributed by atoms with Crippen LogP contribution in [0.2, 0.25) is 0 Å². The van der Waals surface area contributed by atoms with E-state index in [9.17, 15) is 0 Å². The monoisotopic (exact) mass is 209 g/mol. The Kier molecular flexibility index (Phi) is 5.15. The Bertz CT molecular complexity index is 304. The Hall–Kier alpha value is -1.06. The van der Waals surface area contributed by atoms with Gasteiger partial charge in [-0.15, -0.1) is 6.58 Å². The zero-order chi connectivity index (χ0) is 11.1. The fourth-order valence-corrected chi connectivity index (χ4v) is 1.19. The minimum absolute atomic E-state index is 0.539. The standard InChI is InChI=1S/C12H19NO2/c1-10(2)6-7-14-9-12-5-4-11(15-12)8-13-3/h4-5,13H,1,6-9H2,2-3H3. The average Bonchev–Trinajstić information content (AvgIpc) is 2.61. The predicted molar refractivity (Wildman–Crippen MR) is 60.6 cm³/mol. The molecule has 0 aromatic carbocycles. The van der Waals surface area contributed by atoms with Gasteiger partial charge in [-0.25, -0.2) is 0 Å². The van der Waals surface area contributed by atoms with E-state index in [2.05, 4.69) is 11.9 Å². The van der Waals surface area contributed by atoms with Crippen molar-refractivity contribution < 1.29 is 9.15 Å². The number of ether oxygens (including phenoxy) is 1. The van der Waals surface area contributed by atoms with Crippen molar-refractivity contribution in [2.24, 2.45) is 0 Å². The lowest BCUT2D eigenvalue weighted by Gasteiger charge is -2.01. The summed E-state index contributed by atoms with van der Waals surface area (Å²) in [5.41, 5.74) is 1.14. The molecule has 0 unspecified atom stereocenters. The maximum Gasteiger partial charge on any atom is 0.129 e. The van der Waals surface area contributed by atoms with Gasteiger partial charge in [0.25, 0.3) is 0 Å². The second kappa shape index (κ2) is 6.43. The molecule has 0 amide bonds. The summed E-state index contributed by atoms with van der Waals surface area (Å²) >= 11 is 0. The highest BCUT2D eigenvalue weighted by molar-refractivity contribution is 5.06. The fourth-order valence-electron chi connectivity index (χ4n) is 1.19. The van der Waals surface area contributed by atoms with Gasteiger partial charge in [-0.2, -0.15) is 0 Å². The lowest BCUT2D eigenvalue weighted by Crippen LogP contribution is -2.03. The number of furan rings is 1. The summed E-state index contributed by atoms with van der Waals surface area (Å²) in [6.45, 7) is 7.82. The van der Waals surface area contributed by atoms with Gasteiger partial charge >= 0.3 is 0 Å². The molecule has 0 spiro atoms. The summed E-state index contributed by atoms with van der Waals surface area (Å²) in [6, 6.07) is 3.92. The molecule has 0 aliphatic heterocycles. The normalized spacial score (nSPS) is 10.5. The maximum atomic E-state index is 5.52. The topological polar surface area (TPSA) is 34.4 Å². The summed E-state index contributed by atoms with van der Waals surface area (Å²) in [7, 11) is 1.89. The molecule has 15 heavy (non-hydrogen) atoms. The van der Waals surface area contributed by atoms with Crippen LogP contribution in [-0.4, -0.2) is 13.7 Å². The molecule has 0 saturated carbocycles. The van der Waals surface area contributed by atoms with Gasteiger partial charge < -0.3 is 14.5 Å². The van der Waals surface area contributed by atoms with E-state index in [1.54, 1.807) is 0 Å². The summed E-state index contributed by atoms with van der Waals surface area (Å²) in [4.78, 5) is 0. The van der Waals surface area contributed by atoms with E-state index in [-0.39, 0.29) is 0 Å². The highest BCUT2D eigenvalue weighted by Crippen LogP contribution is 2.09. The minimum Gasteiger partial charge on any atom is -0.462 e. The molecule has 0 saturated heterocycles. The van der Waals surface area contributed by atoms with E-state index in [4.69, 9.17) is 9.15 Å². The summed E-state index contributed by atoms with van der Waals surface area (Å²) in [5, 5.41) is 3.03. The number of hydrogen-bond donors (Lipinski definition) is 1. The summed E-state index contributed by atoms with van der Waals surface area (Å²) in [5.74, 6) is 1.82. The molecule has 3 heteroatoms. The van der Waals surface area contributed by atoms with Crippen LogP contribution < -0.4 is 5.32 Å². The van der Waals surface area contributed by atoms with Crippen molar-refractivity contribution in [3.8, 4) is 0 Å². The highest BCUT2D eigenvalue weighted by Gasteiger charge is 2.00. The van der Waals surface area contributed by atoms with E-state index in [0.29, 0.717) is 13.2 Å². The lowest BCUT2D eigenvalue weighted by atomic mass is 10.3. The molecule has 0 radical (unpaired) electrons. The second-order valence-electron chi connectivity index (χ2n) is 3.66. The molecule has 1 aromatic rings. The van der Waals surface area contributed by atoms with Gasteiger partial charge in [0.2, 0.25) is 0 Å². The Labute approximate surface area is 91.1 Å². The van der Waals surface area contributed by atoms with Crippen LogP contribution in [-0.2, 0) is 17.9 Å². The zero-order valence-electron chi connectivity index (χ0n) is 9.51. The van der Waals surface area contributed by atoms with Crippen molar-refractivity contribution in [3.63, 3.8) is 0 Å². The van der Waals surface area contributed by atoms with Crippen molar-refractivity contribution in [1.82, 2.24) is 5.32 Å².